The number of carbonyl (C=O) groups is 1. The zero-order valence-corrected chi connectivity index (χ0v) is 12.8. The van der Waals surface area contributed by atoms with Crippen LogP contribution >= 0.6 is 0 Å². The van der Waals surface area contributed by atoms with Crippen LogP contribution < -0.4 is 10.2 Å². The molecule has 1 aromatic rings. The molecular formula is C15H20N2O5. The molecule has 0 aliphatic carbocycles. The second kappa shape index (κ2) is 7.56. The van der Waals surface area contributed by atoms with E-state index in [1.807, 2.05) is 0 Å². The third-order valence-corrected chi connectivity index (χ3v) is 2.83. The predicted molar refractivity (Wildman–Crippen MR) is 81.6 cm³/mol. The Morgan fingerprint density at radius 3 is 2.68 bits per heavy atom. The van der Waals surface area contributed by atoms with Gasteiger partial charge in [-0.1, -0.05) is 26.8 Å². The lowest BCUT2D eigenvalue weighted by Crippen LogP contribution is -2.14. The number of hydroxylamine groups is 1. The van der Waals surface area contributed by atoms with Crippen molar-refractivity contribution in [2.24, 2.45) is 5.41 Å². The number of nitrogens with zero attached hydrogens (tertiary/aromatic N) is 1. The molecule has 0 saturated heterocycles. The summed E-state index contributed by atoms with van der Waals surface area (Å²) in [5.74, 6) is -0.522. The molecule has 2 N–H and O–H groups in total. The maximum absolute atomic E-state index is 11.1. The molecule has 0 atom stereocenters. The maximum atomic E-state index is 11.1. The van der Waals surface area contributed by atoms with Gasteiger partial charge in [-0.2, -0.15) is 0 Å². The number of ether oxygens (including phenoxy) is 1. The Morgan fingerprint density at radius 2 is 2.14 bits per heavy atom. The third-order valence-electron chi connectivity index (χ3n) is 2.83. The molecule has 0 heterocycles. The average molecular weight is 308 g/mol. The highest BCUT2D eigenvalue weighted by Gasteiger charge is 2.17. The Labute approximate surface area is 128 Å². The van der Waals surface area contributed by atoms with Crippen LogP contribution in [0.25, 0.3) is 6.08 Å². The summed E-state index contributed by atoms with van der Waals surface area (Å²) in [4.78, 5) is 21.5. The number of amides is 1. The fourth-order valence-electron chi connectivity index (χ4n) is 1.58. The van der Waals surface area contributed by atoms with Crippen LogP contribution in [0.3, 0.4) is 0 Å². The van der Waals surface area contributed by atoms with Crippen LogP contribution in [0.4, 0.5) is 5.69 Å². The Hall–Kier alpha value is -2.41. The third kappa shape index (κ3) is 5.92. The van der Waals surface area contributed by atoms with E-state index in [2.05, 4.69) is 20.8 Å². The van der Waals surface area contributed by atoms with Crippen molar-refractivity contribution < 1.29 is 19.7 Å². The van der Waals surface area contributed by atoms with Crippen LogP contribution in [-0.2, 0) is 4.79 Å². The second-order valence-corrected chi connectivity index (χ2v) is 5.95. The van der Waals surface area contributed by atoms with Gasteiger partial charge in [0.05, 0.1) is 11.5 Å². The van der Waals surface area contributed by atoms with E-state index in [-0.39, 0.29) is 16.9 Å². The van der Waals surface area contributed by atoms with Gasteiger partial charge in [-0.3, -0.25) is 20.1 Å². The molecular weight excluding hydrogens is 288 g/mol. The van der Waals surface area contributed by atoms with Gasteiger partial charge in [0, 0.05) is 12.1 Å². The summed E-state index contributed by atoms with van der Waals surface area (Å²) < 4.78 is 5.49. The van der Waals surface area contributed by atoms with Gasteiger partial charge < -0.3 is 4.74 Å². The van der Waals surface area contributed by atoms with Gasteiger partial charge in [0.25, 0.3) is 5.91 Å². The van der Waals surface area contributed by atoms with Crippen molar-refractivity contribution in [1.82, 2.24) is 5.48 Å². The van der Waals surface area contributed by atoms with E-state index in [1.54, 1.807) is 6.07 Å². The number of nitro groups is 1. The molecule has 0 fully saturated rings. The van der Waals surface area contributed by atoms with Crippen LogP contribution in [0.15, 0.2) is 24.3 Å². The number of benzene rings is 1. The first-order valence-electron chi connectivity index (χ1n) is 6.76. The molecule has 1 rings (SSSR count). The number of hydrogen-bond acceptors (Lipinski definition) is 5. The van der Waals surface area contributed by atoms with Crippen LogP contribution in [0.1, 0.15) is 32.8 Å². The van der Waals surface area contributed by atoms with E-state index in [0.29, 0.717) is 12.2 Å². The summed E-state index contributed by atoms with van der Waals surface area (Å²) in [7, 11) is 0. The van der Waals surface area contributed by atoms with Gasteiger partial charge in [0.1, 0.15) is 0 Å². The molecule has 1 amide bonds. The van der Waals surface area contributed by atoms with Crippen molar-refractivity contribution in [1.29, 1.82) is 0 Å². The van der Waals surface area contributed by atoms with E-state index >= 15 is 0 Å². The smallest absolute Gasteiger partial charge is 0.311 e. The first kappa shape index (κ1) is 17.6. The van der Waals surface area contributed by atoms with Gasteiger partial charge in [-0.15, -0.1) is 0 Å². The van der Waals surface area contributed by atoms with Crippen LogP contribution in [0, 0.1) is 15.5 Å². The highest BCUT2D eigenvalue weighted by Crippen LogP contribution is 2.29. The van der Waals surface area contributed by atoms with E-state index in [1.165, 1.54) is 23.7 Å². The summed E-state index contributed by atoms with van der Waals surface area (Å²) in [6.45, 7) is 6.56. The van der Waals surface area contributed by atoms with Gasteiger partial charge in [-0.25, -0.2) is 5.48 Å². The molecule has 1 aromatic carbocycles. The van der Waals surface area contributed by atoms with Crippen LogP contribution in [-0.4, -0.2) is 22.6 Å². The highest BCUT2D eigenvalue weighted by molar-refractivity contribution is 5.90. The van der Waals surface area contributed by atoms with Crippen molar-refractivity contribution >= 4 is 17.7 Å². The Kier molecular flexibility index (Phi) is 6.06. The second-order valence-electron chi connectivity index (χ2n) is 5.95. The Bertz CT molecular complexity index is 576. The number of rotatable bonds is 6. The molecule has 0 aliphatic heterocycles. The van der Waals surface area contributed by atoms with Crippen molar-refractivity contribution in [2.75, 3.05) is 6.61 Å². The number of carbonyl (C=O) groups excluding carboxylic acids is 1. The average Bonchev–Trinajstić information content (AvgIpc) is 2.44. The topological polar surface area (TPSA) is 102 Å². The Balaban J connectivity index is 2.89. The zero-order valence-electron chi connectivity index (χ0n) is 12.8. The molecule has 0 aliphatic rings. The molecule has 120 valence electrons. The number of nitrogens with one attached hydrogen (secondary N) is 1. The monoisotopic (exact) mass is 308 g/mol. The fraction of sp³-hybridized carbons (Fsp3) is 0.400. The molecule has 7 heteroatoms. The van der Waals surface area contributed by atoms with Crippen LogP contribution in [0.2, 0.25) is 0 Å². The van der Waals surface area contributed by atoms with E-state index in [0.717, 1.165) is 12.5 Å². The minimum Gasteiger partial charge on any atom is -0.487 e. The lowest BCUT2D eigenvalue weighted by molar-refractivity contribution is -0.385. The zero-order chi connectivity index (χ0) is 16.8. The van der Waals surface area contributed by atoms with Gasteiger partial charge in [0.15, 0.2) is 5.75 Å². The largest absolute Gasteiger partial charge is 0.487 e. The Morgan fingerprint density at radius 1 is 1.45 bits per heavy atom. The van der Waals surface area contributed by atoms with Crippen molar-refractivity contribution in [3.63, 3.8) is 0 Å². The summed E-state index contributed by atoms with van der Waals surface area (Å²) in [5, 5.41) is 19.5. The van der Waals surface area contributed by atoms with Crippen LogP contribution in [0.5, 0.6) is 5.75 Å². The normalized spacial score (nSPS) is 11.5. The minimum atomic E-state index is -0.715. The lowest BCUT2D eigenvalue weighted by Gasteiger charge is -2.18. The van der Waals surface area contributed by atoms with E-state index in [4.69, 9.17) is 9.94 Å². The molecule has 0 unspecified atom stereocenters. The molecule has 0 saturated carbocycles. The molecule has 0 spiro atoms. The van der Waals surface area contributed by atoms with Crippen molar-refractivity contribution in [3.8, 4) is 5.75 Å². The molecule has 0 aromatic heterocycles. The summed E-state index contributed by atoms with van der Waals surface area (Å²) in [5.41, 5.74) is 1.81. The van der Waals surface area contributed by atoms with Gasteiger partial charge in [-0.05, 0) is 29.5 Å². The van der Waals surface area contributed by atoms with Gasteiger partial charge in [0.2, 0.25) is 0 Å². The SMILES string of the molecule is CC(C)(C)CCOc1ccc(/C=C/C(=O)NO)cc1[N+](=O)[O-]. The number of hydrogen-bond donors (Lipinski definition) is 2. The molecule has 22 heavy (non-hydrogen) atoms. The standard InChI is InChI=1S/C15H20N2O5/c1-15(2,3)8-9-22-13-6-4-11(5-7-14(18)16-19)10-12(13)17(20)21/h4-7,10,19H,8-9H2,1-3H3,(H,16,18)/b7-5+. The minimum absolute atomic E-state index is 0.0785. The predicted octanol–water partition coefficient (Wildman–Crippen LogP) is 2.93. The summed E-state index contributed by atoms with van der Waals surface area (Å²) in [6, 6.07) is 4.41. The molecule has 0 radical (unpaired) electrons. The van der Waals surface area contributed by atoms with Gasteiger partial charge >= 0.3 is 5.69 Å². The quantitative estimate of drug-likeness (QED) is 0.364. The highest BCUT2D eigenvalue weighted by atomic mass is 16.6. The van der Waals surface area contributed by atoms with Crippen molar-refractivity contribution in [3.05, 3.63) is 40.0 Å². The lowest BCUT2D eigenvalue weighted by atomic mass is 9.93. The fourth-order valence-corrected chi connectivity index (χ4v) is 1.58. The first-order valence-corrected chi connectivity index (χ1v) is 6.76. The molecule has 0 bridgehead atoms. The van der Waals surface area contributed by atoms with E-state index in [9.17, 15) is 14.9 Å². The van der Waals surface area contributed by atoms with E-state index < -0.39 is 10.8 Å². The summed E-state index contributed by atoms with van der Waals surface area (Å²) >= 11 is 0. The maximum Gasteiger partial charge on any atom is 0.311 e. The molecule has 7 nitrogen and oxygen atoms in total. The summed E-state index contributed by atoms with van der Waals surface area (Å²) in [6.07, 6.45) is 3.19. The number of nitro benzene ring substituents is 1. The first-order chi connectivity index (χ1) is 10.2. The van der Waals surface area contributed by atoms with Crippen molar-refractivity contribution in [2.45, 2.75) is 27.2 Å².